The van der Waals surface area contributed by atoms with E-state index in [0.717, 1.165) is 12.8 Å². The highest BCUT2D eigenvalue weighted by atomic mass is 14.3. The predicted octanol–water partition coefficient (Wildman–Crippen LogP) is 3.04. The zero-order valence-corrected chi connectivity index (χ0v) is 8.49. The van der Waals surface area contributed by atoms with E-state index in [-0.39, 0.29) is 11.3 Å². The Morgan fingerprint density at radius 2 is 2.00 bits per heavy atom. The summed E-state index contributed by atoms with van der Waals surface area (Å²) < 4.78 is 0. The molecular formula is C12H17. The maximum absolute atomic E-state index is 7.20. The first kappa shape index (κ1) is 11.1. The fourth-order valence-electron chi connectivity index (χ4n) is 0.917. The fraction of sp³-hybridized carbons (Fsp3) is 0.667. The van der Waals surface area contributed by atoms with Gasteiger partial charge in [-0.05, 0) is 26.7 Å². The second-order valence-corrected chi connectivity index (χ2v) is 3.29. The van der Waals surface area contributed by atoms with Gasteiger partial charge in [0, 0.05) is 17.8 Å². The molecule has 0 heterocycles. The van der Waals surface area contributed by atoms with Crippen LogP contribution >= 0.6 is 0 Å². The summed E-state index contributed by atoms with van der Waals surface area (Å²) in [5, 5.41) is 0. The molecule has 0 saturated heterocycles. The van der Waals surface area contributed by atoms with E-state index in [9.17, 15) is 0 Å². The normalized spacial score (nSPS) is 16.6. The highest BCUT2D eigenvalue weighted by molar-refractivity contribution is 5.13. The zero-order valence-electron chi connectivity index (χ0n) is 8.49. The largest absolute Gasteiger partial charge is 0.103 e. The first-order chi connectivity index (χ1) is 5.60. The highest BCUT2D eigenvalue weighted by Crippen LogP contribution is 2.29. The highest BCUT2D eigenvalue weighted by Gasteiger charge is 2.25. The van der Waals surface area contributed by atoms with E-state index >= 15 is 0 Å². The summed E-state index contributed by atoms with van der Waals surface area (Å²) in [5.74, 6) is 9.01. The zero-order chi connectivity index (χ0) is 9.61. The van der Waals surface area contributed by atoms with Crippen LogP contribution in [0.2, 0.25) is 0 Å². The lowest BCUT2D eigenvalue weighted by atomic mass is 9.77. The maximum atomic E-state index is 7.20. The quantitative estimate of drug-likeness (QED) is 0.546. The first-order valence-electron chi connectivity index (χ1n) is 4.53. The van der Waals surface area contributed by atoms with Crippen molar-refractivity contribution in [1.29, 1.82) is 0 Å². The Morgan fingerprint density at radius 1 is 1.42 bits per heavy atom. The molecule has 0 spiro atoms. The van der Waals surface area contributed by atoms with Gasteiger partial charge in [-0.15, -0.1) is 5.92 Å². The van der Waals surface area contributed by atoms with E-state index in [1.165, 1.54) is 0 Å². The van der Waals surface area contributed by atoms with Gasteiger partial charge in [-0.3, -0.25) is 0 Å². The van der Waals surface area contributed by atoms with Crippen molar-refractivity contribution in [2.24, 2.45) is 11.3 Å². The van der Waals surface area contributed by atoms with Gasteiger partial charge < -0.3 is 0 Å². The van der Waals surface area contributed by atoms with Gasteiger partial charge in [-0.25, -0.2) is 0 Å². The van der Waals surface area contributed by atoms with Crippen molar-refractivity contribution in [2.45, 2.75) is 40.5 Å². The molecule has 0 fully saturated rings. The molecule has 2 unspecified atom stereocenters. The van der Waals surface area contributed by atoms with Crippen LogP contribution in [0.5, 0.6) is 0 Å². The van der Waals surface area contributed by atoms with E-state index in [1.54, 1.807) is 0 Å². The second-order valence-electron chi connectivity index (χ2n) is 3.29. The lowest BCUT2D eigenvalue weighted by Gasteiger charge is -2.24. The van der Waals surface area contributed by atoms with Crippen LogP contribution in [0.4, 0.5) is 0 Å². The molecular weight excluding hydrogens is 144 g/mol. The van der Waals surface area contributed by atoms with Crippen LogP contribution in [0.3, 0.4) is 0 Å². The van der Waals surface area contributed by atoms with Crippen molar-refractivity contribution >= 4 is 0 Å². The van der Waals surface area contributed by atoms with Gasteiger partial charge in [-0.1, -0.05) is 25.7 Å². The Morgan fingerprint density at radius 3 is 2.33 bits per heavy atom. The molecule has 0 aliphatic carbocycles. The summed E-state index contributed by atoms with van der Waals surface area (Å²) in [5.41, 5.74) is -0.165. The van der Waals surface area contributed by atoms with Crippen LogP contribution in [0.1, 0.15) is 40.5 Å². The molecule has 2 atom stereocenters. The van der Waals surface area contributed by atoms with E-state index < -0.39 is 0 Å². The average molecular weight is 161 g/mol. The van der Waals surface area contributed by atoms with Crippen molar-refractivity contribution in [2.75, 3.05) is 0 Å². The predicted molar refractivity (Wildman–Crippen MR) is 52.8 cm³/mol. The van der Waals surface area contributed by atoms with Crippen LogP contribution in [-0.4, -0.2) is 0 Å². The van der Waals surface area contributed by atoms with Gasteiger partial charge >= 0.3 is 0 Å². The summed E-state index contributed by atoms with van der Waals surface area (Å²) in [6, 6.07) is 0. The molecule has 0 aromatic rings. The number of rotatable bonds is 2. The topological polar surface area (TPSA) is 0 Å². The molecule has 0 aromatic carbocycles. The molecule has 12 heavy (non-hydrogen) atoms. The van der Waals surface area contributed by atoms with Gasteiger partial charge in [0.05, 0.1) is 0 Å². The van der Waals surface area contributed by atoms with Crippen LogP contribution < -0.4 is 0 Å². The van der Waals surface area contributed by atoms with Gasteiger partial charge in [-0.2, -0.15) is 0 Å². The summed E-state index contributed by atoms with van der Waals surface area (Å²) in [7, 11) is 0. The van der Waals surface area contributed by atoms with Crippen molar-refractivity contribution in [3.8, 4) is 17.8 Å². The molecule has 0 rings (SSSR count). The van der Waals surface area contributed by atoms with E-state index in [1.807, 2.05) is 13.8 Å². The fourth-order valence-corrected chi connectivity index (χ4v) is 0.917. The number of hydrogen-bond donors (Lipinski definition) is 0. The molecule has 65 valence electrons. The second kappa shape index (κ2) is 4.89. The monoisotopic (exact) mass is 161 g/mol. The minimum absolute atomic E-state index is 0.165. The number of hydrogen-bond acceptors (Lipinski definition) is 0. The molecule has 0 aliphatic heterocycles. The Bertz CT molecular complexity index is 221. The minimum Gasteiger partial charge on any atom is -0.103 e. The molecule has 0 saturated carbocycles. The molecule has 0 bridgehead atoms. The smallest absolute Gasteiger partial charge is 0.0428 e. The third-order valence-electron chi connectivity index (χ3n) is 2.47. The Kier molecular flexibility index (Phi) is 4.53. The van der Waals surface area contributed by atoms with Gasteiger partial charge in [0.1, 0.15) is 0 Å². The molecule has 1 radical (unpaired) electrons. The van der Waals surface area contributed by atoms with Gasteiger partial charge in [0.2, 0.25) is 0 Å². The van der Waals surface area contributed by atoms with Crippen LogP contribution in [0.15, 0.2) is 0 Å². The molecule has 0 N–H and O–H groups in total. The standard InChI is InChI=1S/C12H17/c1-6-9-10-11(4)12(5,7-2)8-3/h11H,6-7H2,1-2,4-5H3. The lowest BCUT2D eigenvalue weighted by Crippen LogP contribution is -2.21. The van der Waals surface area contributed by atoms with Crippen molar-refractivity contribution < 1.29 is 0 Å². The van der Waals surface area contributed by atoms with Crippen LogP contribution in [-0.2, 0) is 0 Å². The molecule has 0 heteroatoms. The third kappa shape index (κ3) is 2.63. The first-order valence-corrected chi connectivity index (χ1v) is 4.53. The Labute approximate surface area is 76.8 Å². The SMILES string of the molecule is [C]#CC(C)(CC)C(C)C#CCC. The Balaban J connectivity index is 4.45. The van der Waals surface area contributed by atoms with Gasteiger partial charge in [0.25, 0.3) is 0 Å². The van der Waals surface area contributed by atoms with Crippen LogP contribution in [0, 0.1) is 35.5 Å². The maximum Gasteiger partial charge on any atom is 0.0428 e. The minimum atomic E-state index is -0.165. The summed E-state index contributed by atoms with van der Waals surface area (Å²) >= 11 is 0. The average Bonchev–Trinajstić information content (AvgIpc) is 2.12. The molecule has 0 aromatic heterocycles. The van der Waals surface area contributed by atoms with Crippen LogP contribution in [0.25, 0.3) is 0 Å². The molecule has 0 aliphatic rings. The summed E-state index contributed by atoms with van der Waals surface area (Å²) in [6.07, 6.45) is 9.02. The Hall–Kier alpha value is -0.880. The molecule has 0 nitrogen and oxygen atoms in total. The summed E-state index contributed by atoms with van der Waals surface area (Å²) in [4.78, 5) is 0. The van der Waals surface area contributed by atoms with E-state index in [0.29, 0.717) is 0 Å². The lowest BCUT2D eigenvalue weighted by molar-refractivity contribution is 0.343. The van der Waals surface area contributed by atoms with Crippen molar-refractivity contribution in [1.82, 2.24) is 0 Å². The van der Waals surface area contributed by atoms with E-state index in [4.69, 9.17) is 6.42 Å². The third-order valence-corrected chi connectivity index (χ3v) is 2.47. The molecule has 0 amide bonds. The van der Waals surface area contributed by atoms with Crippen molar-refractivity contribution in [3.63, 3.8) is 0 Å². The van der Waals surface area contributed by atoms with Crippen molar-refractivity contribution in [3.05, 3.63) is 6.42 Å². The summed E-state index contributed by atoms with van der Waals surface area (Å²) in [6.45, 7) is 8.21. The van der Waals surface area contributed by atoms with E-state index in [2.05, 4.69) is 31.6 Å². The van der Waals surface area contributed by atoms with Gasteiger partial charge in [0.15, 0.2) is 0 Å².